The summed E-state index contributed by atoms with van der Waals surface area (Å²) in [5.41, 5.74) is 5.58. The van der Waals surface area contributed by atoms with E-state index in [1.54, 1.807) is 5.01 Å². The van der Waals surface area contributed by atoms with Gasteiger partial charge in [0.1, 0.15) is 5.75 Å². The highest BCUT2D eigenvalue weighted by atomic mass is 16.5. The van der Waals surface area contributed by atoms with E-state index in [0.29, 0.717) is 25.6 Å². The summed E-state index contributed by atoms with van der Waals surface area (Å²) >= 11 is 0. The van der Waals surface area contributed by atoms with Gasteiger partial charge in [0.25, 0.3) is 5.91 Å². The number of ether oxygens (including phenoxy) is 1. The van der Waals surface area contributed by atoms with Crippen molar-refractivity contribution in [1.82, 2.24) is 15.2 Å². The van der Waals surface area contributed by atoms with Crippen LogP contribution in [0, 0.1) is 13.8 Å². The number of rotatable bonds is 6. The molecule has 2 aromatic carbocycles. The average Bonchev–Trinajstić information content (AvgIpc) is 3.23. The number of benzene rings is 2. The van der Waals surface area contributed by atoms with Crippen LogP contribution in [0.2, 0.25) is 0 Å². The van der Waals surface area contributed by atoms with Crippen LogP contribution in [0.15, 0.2) is 47.6 Å². The van der Waals surface area contributed by atoms with Crippen molar-refractivity contribution in [2.24, 2.45) is 5.10 Å². The number of aryl methyl sites for hydroxylation is 2. The SMILES string of the molecule is CCOc1ccc(C2CC(c3cc(C)ccc3C)=NN2C(=O)CN2CCNCC2C)cc1. The normalized spacial score (nSPS) is 21.5. The molecule has 2 aliphatic rings. The maximum atomic E-state index is 13.5. The number of amides is 1. The van der Waals surface area contributed by atoms with E-state index in [9.17, 15) is 4.79 Å². The van der Waals surface area contributed by atoms with Crippen LogP contribution in [0.4, 0.5) is 0 Å². The molecule has 4 rings (SSSR count). The van der Waals surface area contributed by atoms with Crippen molar-refractivity contribution in [3.05, 3.63) is 64.7 Å². The van der Waals surface area contributed by atoms with Gasteiger partial charge in [0.2, 0.25) is 0 Å². The zero-order chi connectivity index (χ0) is 22.7. The standard InChI is InChI=1S/C26H34N4O2/c1-5-32-22-10-8-21(9-11-22)25-15-24(23-14-18(2)6-7-19(23)3)28-30(25)26(31)17-29-13-12-27-16-20(29)4/h6-11,14,20,25,27H,5,12-13,15-17H2,1-4H3. The number of hydrogen-bond donors (Lipinski definition) is 1. The lowest BCUT2D eigenvalue weighted by atomic mass is 9.95. The molecular weight excluding hydrogens is 400 g/mol. The summed E-state index contributed by atoms with van der Waals surface area (Å²) in [6, 6.07) is 14.7. The molecule has 2 aliphatic heterocycles. The second-order valence-electron chi connectivity index (χ2n) is 8.85. The van der Waals surface area contributed by atoms with E-state index in [1.165, 1.54) is 11.1 Å². The van der Waals surface area contributed by atoms with E-state index >= 15 is 0 Å². The molecule has 2 aromatic rings. The molecule has 170 valence electrons. The number of carbonyl (C=O) groups is 1. The maximum absolute atomic E-state index is 13.5. The number of carbonyl (C=O) groups excluding carboxylic acids is 1. The fourth-order valence-electron chi connectivity index (χ4n) is 4.53. The Labute approximate surface area is 191 Å². The first-order valence-corrected chi connectivity index (χ1v) is 11.6. The smallest absolute Gasteiger partial charge is 0.257 e. The van der Waals surface area contributed by atoms with Crippen molar-refractivity contribution in [2.45, 2.75) is 46.2 Å². The number of hydrogen-bond acceptors (Lipinski definition) is 5. The number of piperazine rings is 1. The van der Waals surface area contributed by atoms with E-state index < -0.39 is 0 Å². The summed E-state index contributed by atoms with van der Waals surface area (Å²) in [4.78, 5) is 15.7. The first kappa shape index (κ1) is 22.5. The third-order valence-electron chi connectivity index (χ3n) is 6.42. The second-order valence-corrected chi connectivity index (χ2v) is 8.85. The quantitative estimate of drug-likeness (QED) is 0.754. The number of nitrogens with zero attached hydrogens (tertiary/aromatic N) is 3. The van der Waals surface area contributed by atoms with Crippen molar-refractivity contribution in [2.75, 3.05) is 32.8 Å². The predicted octanol–water partition coefficient (Wildman–Crippen LogP) is 3.67. The molecule has 0 radical (unpaired) electrons. The highest BCUT2D eigenvalue weighted by molar-refractivity contribution is 6.04. The lowest BCUT2D eigenvalue weighted by molar-refractivity contribution is -0.135. The Bertz CT molecular complexity index is 986. The molecule has 0 spiro atoms. The molecule has 0 saturated carbocycles. The van der Waals surface area contributed by atoms with E-state index in [0.717, 1.165) is 42.2 Å². The number of hydrazone groups is 1. The van der Waals surface area contributed by atoms with Crippen LogP contribution >= 0.6 is 0 Å². The predicted molar refractivity (Wildman–Crippen MR) is 128 cm³/mol. The Morgan fingerprint density at radius 2 is 1.97 bits per heavy atom. The van der Waals surface area contributed by atoms with Crippen molar-refractivity contribution < 1.29 is 9.53 Å². The topological polar surface area (TPSA) is 57.2 Å². The van der Waals surface area contributed by atoms with Gasteiger partial charge in [-0.3, -0.25) is 9.69 Å². The first-order chi connectivity index (χ1) is 15.5. The zero-order valence-corrected chi connectivity index (χ0v) is 19.6. The van der Waals surface area contributed by atoms with Crippen molar-refractivity contribution in [3.63, 3.8) is 0 Å². The van der Waals surface area contributed by atoms with Gasteiger partial charge in [-0.25, -0.2) is 5.01 Å². The monoisotopic (exact) mass is 434 g/mol. The fourth-order valence-corrected chi connectivity index (χ4v) is 4.53. The van der Waals surface area contributed by atoms with Gasteiger partial charge >= 0.3 is 0 Å². The average molecular weight is 435 g/mol. The molecule has 0 bridgehead atoms. The summed E-state index contributed by atoms with van der Waals surface area (Å²) in [6.07, 6.45) is 0.709. The lowest BCUT2D eigenvalue weighted by Crippen LogP contribution is -2.52. The van der Waals surface area contributed by atoms with Gasteiger partial charge in [0, 0.05) is 37.7 Å². The second kappa shape index (κ2) is 9.84. The molecule has 1 saturated heterocycles. The minimum absolute atomic E-state index is 0.0536. The Morgan fingerprint density at radius 3 is 2.69 bits per heavy atom. The molecule has 1 fully saturated rings. The largest absolute Gasteiger partial charge is 0.494 e. The van der Waals surface area contributed by atoms with E-state index in [-0.39, 0.29) is 11.9 Å². The summed E-state index contributed by atoms with van der Waals surface area (Å²) in [7, 11) is 0. The van der Waals surface area contributed by atoms with E-state index in [1.807, 2.05) is 19.1 Å². The third kappa shape index (κ3) is 4.87. The van der Waals surface area contributed by atoms with Gasteiger partial charge in [0.05, 0.1) is 24.9 Å². The van der Waals surface area contributed by atoms with Crippen LogP contribution in [-0.4, -0.2) is 60.4 Å². The van der Waals surface area contributed by atoms with Crippen molar-refractivity contribution in [1.29, 1.82) is 0 Å². The van der Waals surface area contributed by atoms with Crippen LogP contribution in [0.3, 0.4) is 0 Å². The molecule has 32 heavy (non-hydrogen) atoms. The van der Waals surface area contributed by atoms with Gasteiger partial charge in [-0.15, -0.1) is 0 Å². The van der Waals surface area contributed by atoms with Gasteiger partial charge in [-0.05, 0) is 57.0 Å². The Morgan fingerprint density at radius 1 is 1.19 bits per heavy atom. The van der Waals surface area contributed by atoms with Gasteiger partial charge < -0.3 is 10.1 Å². The van der Waals surface area contributed by atoms with Crippen LogP contribution < -0.4 is 10.1 Å². The molecule has 0 aromatic heterocycles. The summed E-state index contributed by atoms with van der Waals surface area (Å²) in [6.45, 7) is 12.1. The Balaban J connectivity index is 1.63. The van der Waals surface area contributed by atoms with Gasteiger partial charge in [-0.2, -0.15) is 5.10 Å². The summed E-state index contributed by atoms with van der Waals surface area (Å²) < 4.78 is 5.61. The summed E-state index contributed by atoms with van der Waals surface area (Å²) in [5.74, 6) is 0.898. The molecule has 1 N–H and O–H groups in total. The van der Waals surface area contributed by atoms with Crippen molar-refractivity contribution >= 4 is 11.6 Å². The highest BCUT2D eigenvalue weighted by Crippen LogP contribution is 2.34. The molecular formula is C26H34N4O2. The minimum atomic E-state index is -0.105. The van der Waals surface area contributed by atoms with Crippen LogP contribution in [-0.2, 0) is 4.79 Å². The zero-order valence-electron chi connectivity index (χ0n) is 19.6. The summed E-state index contributed by atoms with van der Waals surface area (Å²) in [5, 5.41) is 10.0. The van der Waals surface area contributed by atoms with E-state index in [2.05, 4.69) is 61.3 Å². The fraction of sp³-hybridized carbons (Fsp3) is 0.462. The van der Waals surface area contributed by atoms with Gasteiger partial charge in [-0.1, -0.05) is 29.8 Å². The Hall–Kier alpha value is -2.70. The minimum Gasteiger partial charge on any atom is -0.494 e. The molecule has 6 heteroatoms. The Kier molecular flexibility index (Phi) is 6.92. The maximum Gasteiger partial charge on any atom is 0.257 e. The molecule has 0 aliphatic carbocycles. The lowest BCUT2D eigenvalue weighted by Gasteiger charge is -2.34. The van der Waals surface area contributed by atoms with E-state index in [4.69, 9.17) is 9.84 Å². The third-order valence-corrected chi connectivity index (χ3v) is 6.42. The highest BCUT2D eigenvalue weighted by Gasteiger charge is 2.35. The molecule has 1 amide bonds. The van der Waals surface area contributed by atoms with Crippen molar-refractivity contribution in [3.8, 4) is 5.75 Å². The molecule has 2 unspecified atom stereocenters. The van der Waals surface area contributed by atoms with Gasteiger partial charge in [0.15, 0.2) is 0 Å². The molecule has 6 nitrogen and oxygen atoms in total. The van der Waals surface area contributed by atoms with Crippen LogP contribution in [0.25, 0.3) is 0 Å². The molecule has 2 heterocycles. The van der Waals surface area contributed by atoms with Crippen LogP contribution in [0.5, 0.6) is 5.75 Å². The van der Waals surface area contributed by atoms with Crippen LogP contribution in [0.1, 0.15) is 48.6 Å². The number of nitrogens with one attached hydrogen (secondary N) is 1. The first-order valence-electron chi connectivity index (χ1n) is 11.6. The molecule has 2 atom stereocenters.